The van der Waals surface area contributed by atoms with E-state index in [1.165, 1.54) is 0 Å². The van der Waals surface area contributed by atoms with Crippen LogP contribution in [-0.4, -0.2) is 21.9 Å². The molecule has 0 fully saturated rings. The third-order valence-electron chi connectivity index (χ3n) is 2.44. The molecule has 0 unspecified atom stereocenters. The van der Waals surface area contributed by atoms with Crippen LogP contribution in [0.5, 0.6) is 5.88 Å². The SMILES string of the molecule is COc1cc(CNc2cccc(C)n2)nn1C. The van der Waals surface area contributed by atoms with Crippen molar-refractivity contribution in [3.63, 3.8) is 0 Å². The second-order valence-corrected chi connectivity index (χ2v) is 3.82. The van der Waals surface area contributed by atoms with Gasteiger partial charge in [0.1, 0.15) is 5.82 Å². The summed E-state index contributed by atoms with van der Waals surface area (Å²) in [4.78, 5) is 4.36. The molecule has 2 rings (SSSR count). The van der Waals surface area contributed by atoms with Gasteiger partial charge in [-0.15, -0.1) is 0 Å². The molecule has 0 aliphatic heterocycles. The van der Waals surface area contributed by atoms with Crippen molar-refractivity contribution in [1.29, 1.82) is 0 Å². The van der Waals surface area contributed by atoms with E-state index in [4.69, 9.17) is 4.74 Å². The number of hydrogen-bond donors (Lipinski definition) is 1. The van der Waals surface area contributed by atoms with Gasteiger partial charge in [0.25, 0.3) is 0 Å². The lowest BCUT2D eigenvalue weighted by Crippen LogP contribution is -2.03. The second-order valence-electron chi connectivity index (χ2n) is 3.82. The minimum atomic E-state index is 0.633. The van der Waals surface area contributed by atoms with E-state index in [9.17, 15) is 0 Å². The summed E-state index contributed by atoms with van der Waals surface area (Å²) in [5, 5.41) is 7.54. The van der Waals surface area contributed by atoms with Crippen LogP contribution in [0, 0.1) is 6.92 Å². The predicted octanol–water partition coefficient (Wildman–Crippen LogP) is 1.74. The Bertz CT molecular complexity index is 507. The Morgan fingerprint density at radius 1 is 1.41 bits per heavy atom. The van der Waals surface area contributed by atoms with Gasteiger partial charge in [-0.3, -0.25) is 0 Å². The largest absolute Gasteiger partial charge is 0.481 e. The number of pyridine rings is 1. The topological polar surface area (TPSA) is 52.0 Å². The lowest BCUT2D eigenvalue weighted by atomic mass is 10.3. The first-order chi connectivity index (χ1) is 8.19. The molecule has 0 aromatic carbocycles. The van der Waals surface area contributed by atoms with Crippen LogP contribution in [-0.2, 0) is 13.6 Å². The quantitative estimate of drug-likeness (QED) is 0.872. The van der Waals surface area contributed by atoms with Crippen LogP contribution in [0.1, 0.15) is 11.4 Å². The predicted molar refractivity (Wildman–Crippen MR) is 66.1 cm³/mol. The molecule has 2 heterocycles. The number of rotatable bonds is 4. The highest BCUT2D eigenvalue weighted by Crippen LogP contribution is 2.12. The average molecular weight is 232 g/mol. The van der Waals surface area contributed by atoms with Crippen molar-refractivity contribution in [1.82, 2.24) is 14.8 Å². The summed E-state index contributed by atoms with van der Waals surface area (Å²) in [7, 11) is 3.49. The van der Waals surface area contributed by atoms with Crippen LogP contribution in [0.25, 0.3) is 0 Å². The smallest absolute Gasteiger partial charge is 0.211 e. The molecular weight excluding hydrogens is 216 g/mol. The molecule has 5 nitrogen and oxygen atoms in total. The van der Waals surface area contributed by atoms with Gasteiger partial charge in [-0.2, -0.15) is 5.10 Å². The molecule has 0 atom stereocenters. The number of nitrogens with zero attached hydrogens (tertiary/aromatic N) is 3. The summed E-state index contributed by atoms with van der Waals surface area (Å²) in [6, 6.07) is 7.79. The maximum atomic E-state index is 5.15. The molecule has 0 saturated carbocycles. The zero-order valence-corrected chi connectivity index (χ0v) is 10.3. The molecule has 0 saturated heterocycles. The van der Waals surface area contributed by atoms with E-state index >= 15 is 0 Å². The number of hydrogen-bond acceptors (Lipinski definition) is 4. The number of nitrogens with one attached hydrogen (secondary N) is 1. The van der Waals surface area contributed by atoms with Gasteiger partial charge in [0, 0.05) is 18.8 Å². The van der Waals surface area contributed by atoms with E-state index in [0.717, 1.165) is 23.1 Å². The summed E-state index contributed by atoms with van der Waals surface area (Å²) in [6.45, 7) is 2.60. The van der Waals surface area contributed by atoms with E-state index in [1.54, 1.807) is 11.8 Å². The van der Waals surface area contributed by atoms with Crippen molar-refractivity contribution in [3.05, 3.63) is 35.7 Å². The summed E-state index contributed by atoms with van der Waals surface area (Å²) in [5.41, 5.74) is 1.92. The molecule has 90 valence electrons. The normalized spacial score (nSPS) is 10.3. The van der Waals surface area contributed by atoms with E-state index in [1.807, 2.05) is 38.2 Å². The Balaban J connectivity index is 2.02. The number of ether oxygens (including phenoxy) is 1. The number of anilines is 1. The average Bonchev–Trinajstić information content (AvgIpc) is 2.67. The van der Waals surface area contributed by atoms with E-state index in [-0.39, 0.29) is 0 Å². The molecular formula is C12H16N4O. The Hall–Kier alpha value is -2.04. The van der Waals surface area contributed by atoms with E-state index < -0.39 is 0 Å². The van der Waals surface area contributed by atoms with Gasteiger partial charge in [0.15, 0.2) is 0 Å². The van der Waals surface area contributed by atoms with Gasteiger partial charge in [0.05, 0.1) is 19.3 Å². The highest BCUT2D eigenvalue weighted by Gasteiger charge is 2.04. The van der Waals surface area contributed by atoms with E-state index in [2.05, 4.69) is 15.4 Å². The molecule has 2 aromatic heterocycles. The summed E-state index contributed by atoms with van der Waals surface area (Å²) in [5.74, 6) is 1.61. The lowest BCUT2D eigenvalue weighted by molar-refractivity contribution is 0.373. The molecule has 0 aliphatic rings. The van der Waals surface area contributed by atoms with E-state index in [0.29, 0.717) is 6.54 Å². The molecule has 0 spiro atoms. The number of aromatic nitrogens is 3. The van der Waals surface area contributed by atoms with Crippen molar-refractivity contribution < 1.29 is 4.74 Å². The van der Waals surface area contributed by atoms with Gasteiger partial charge < -0.3 is 10.1 Å². The van der Waals surface area contributed by atoms with Crippen LogP contribution in [0.15, 0.2) is 24.3 Å². The van der Waals surface area contributed by atoms with Gasteiger partial charge in [-0.25, -0.2) is 9.67 Å². The maximum absolute atomic E-state index is 5.15. The van der Waals surface area contributed by atoms with Crippen molar-refractivity contribution in [2.24, 2.45) is 7.05 Å². The number of aryl methyl sites for hydroxylation is 2. The van der Waals surface area contributed by atoms with Gasteiger partial charge >= 0.3 is 0 Å². The minimum Gasteiger partial charge on any atom is -0.481 e. The van der Waals surface area contributed by atoms with Crippen molar-refractivity contribution in [2.45, 2.75) is 13.5 Å². The van der Waals surface area contributed by atoms with Crippen LogP contribution >= 0.6 is 0 Å². The highest BCUT2D eigenvalue weighted by atomic mass is 16.5. The highest BCUT2D eigenvalue weighted by molar-refractivity contribution is 5.35. The van der Waals surface area contributed by atoms with Gasteiger partial charge in [-0.1, -0.05) is 6.07 Å². The molecule has 0 bridgehead atoms. The molecule has 0 amide bonds. The zero-order chi connectivity index (χ0) is 12.3. The Morgan fingerprint density at radius 2 is 2.24 bits per heavy atom. The maximum Gasteiger partial charge on any atom is 0.211 e. The van der Waals surface area contributed by atoms with Crippen molar-refractivity contribution in [2.75, 3.05) is 12.4 Å². The van der Waals surface area contributed by atoms with Crippen molar-refractivity contribution in [3.8, 4) is 5.88 Å². The van der Waals surface area contributed by atoms with Gasteiger partial charge in [-0.05, 0) is 19.1 Å². The molecule has 5 heteroatoms. The molecule has 2 aromatic rings. The summed E-state index contributed by atoms with van der Waals surface area (Å²) < 4.78 is 6.86. The fourth-order valence-electron chi connectivity index (χ4n) is 1.61. The molecule has 0 aliphatic carbocycles. The first kappa shape index (κ1) is 11.4. The monoisotopic (exact) mass is 232 g/mol. The Morgan fingerprint density at radius 3 is 2.88 bits per heavy atom. The summed E-state index contributed by atoms with van der Waals surface area (Å²) >= 11 is 0. The lowest BCUT2D eigenvalue weighted by Gasteiger charge is -2.03. The number of methoxy groups -OCH3 is 1. The second kappa shape index (κ2) is 4.86. The van der Waals surface area contributed by atoms with Crippen LogP contribution in [0.3, 0.4) is 0 Å². The first-order valence-electron chi connectivity index (χ1n) is 5.43. The summed E-state index contributed by atoms with van der Waals surface area (Å²) in [6.07, 6.45) is 0. The Kier molecular flexibility index (Phi) is 3.27. The van der Waals surface area contributed by atoms with Gasteiger partial charge in [0.2, 0.25) is 5.88 Å². The van der Waals surface area contributed by atoms with Crippen LogP contribution in [0.4, 0.5) is 5.82 Å². The fraction of sp³-hybridized carbons (Fsp3) is 0.333. The fourth-order valence-corrected chi connectivity index (χ4v) is 1.61. The third kappa shape index (κ3) is 2.75. The third-order valence-corrected chi connectivity index (χ3v) is 2.44. The molecule has 0 radical (unpaired) electrons. The van der Waals surface area contributed by atoms with Crippen LogP contribution in [0.2, 0.25) is 0 Å². The first-order valence-corrected chi connectivity index (χ1v) is 5.43. The Labute approximate surface area is 100 Å². The van der Waals surface area contributed by atoms with Crippen LogP contribution < -0.4 is 10.1 Å². The zero-order valence-electron chi connectivity index (χ0n) is 10.3. The molecule has 17 heavy (non-hydrogen) atoms. The minimum absolute atomic E-state index is 0.633. The van der Waals surface area contributed by atoms with Crippen molar-refractivity contribution >= 4 is 5.82 Å². The standard InChI is InChI=1S/C12H16N4O/c1-9-5-4-6-11(14-9)13-8-10-7-12(17-3)16(2)15-10/h4-7H,8H2,1-3H3,(H,13,14). The molecule has 1 N–H and O–H groups in total.